The van der Waals surface area contributed by atoms with Crippen molar-refractivity contribution in [3.05, 3.63) is 59.5 Å². The fourth-order valence-electron chi connectivity index (χ4n) is 3.20. The first kappa shape index (κ1) is 17.8. The van der Waals surface area contributed by atoms with Gasteiger partial charge in [-0.1, -0.05) is 47.7 Å². The van der Waals surface area contributed by atoms with E-state index in [-0.39, 0.29) is 5.75 Å². The molecular weight excluding hydrogens is 358 g/mol. The normalized spacial score (nSPS) is 14.3. The number of hydrogen-bond donors (Lipinski definition) is 1. The molecule has 2 aromatic carbocycles. The van der Waals surface area contributed by atoms with Crippen molar-refractivity contribution < 1.29 is 9.84 Å². The van der Waals surface area contributed by atoms with E-state index in [1.54, 1.807) is 23.5 Å². The lowest BCUT2D eigenvalue weighted by Gasteiger charge is -2.26. The van der Waals surface area contributed by atoms with Gasteiger partial charge in [-0.15, -0.1) is 0 Å². The summed E-state index contributed by atoms with van der Waals surface area (Å²) in [5.74, 6) is 0.279. The maximum atomic E-state index is 9.78. The molecule has 1 N–H and O–H groups in total. The van der Waals surface area contributed by atoms with Crippen molar-refractivity contribution >= 4 is 22.2 Å². The zero-order chi connectivity index (χ0) is 18.6. The van der Waals surface area contributed by atoms with Gasteiger partial charge in [-0.3, -0.25) is 0 Å². The number of phenols is 1. The first-order valence-electron chi connectivity index (χ1n) is 9.09. The van der Waals surface area contributed by atoms with Gasteiger partial charge in [-0.25, -0.2) is 4.98 Å². The van der Waals surface area contributed by atoms with Crippen LogP contribution in [-0.4, -0.2) is 43.4 Å². The van der Waals surface area contributed by atoms with Gasteiger partial charge >= 0.3 is 0 Å². The second-order valence-electron chi connectivity index (χ2n) is 6.61. The number of rotatable bonds is 5. The van der Waals surface area contributed by atoms with E-state index in [0.717, 1.165) is 54.9 Å². The smallest absolute Gasteiger partial charge is 0.186 e. The van der Waals surface area contributed by atoms with Gasteiger partial charge in [-0.05, 0) is 12.1 Å². The van der Waals surface area contributed by atoms with E-state index in [9.17, 15) is 5.11 Å². The Kier molecular flexibility index (Phi) is 5.27. The molecular formula is C21H23N3O2S. The van der Waals surface area contributed by atoms with Crippen molar-refractivity contribution in [2.75, 3.05) is 43.2 Å². The van der Waals surface area contributed by atoms with Crippen LogP contribution in [0.1, 0.15) is 4.88 Å². The van der Waals surface area contributed by atoms with Crippen molar-refractivity contribution in [1.29, 1.82) is 0 Å². The summed E-state index contributed by atoms with van der Waals surface area (Å²) in [5.41, 5.74) is 3.15. The summed E-state index contributed by atoms with van der Waals surface area (Å²) in [7, 11) is 2.04. The van der Waals surface area contributed by atoms with E-state index >= 15 is 0 Å². The fraction of sp³-hybridized carbons (Fsp3) is 0.286. The molecule has 0 aliphatic carbocycles. The van der Waals surface area contributed by atoms with Gasteiger partial charge in [0.15, 0.2) is 5.13 Å². The highest BCUT2D eigenvalue weighted by Crippen LogP contribution is 2.35. The topological polar surface area (TPSA) is 48.8 Å². The Morgan fingerprint density at radius 1 is 1.11 bits per heavy atom. The lowest BCUT2D eigenvalue weighted by Crippen LogP contribution is -2.36. The molecule has 1 aromatic heterocycles. The van der Waals surface area contributed by atoms with E-state index in [0.29, 0.717) is 0 Å². The molecule has 0 saturated carbocycles. The van der Waals surface area contributed by atoms with Crippen LogP contribution in [0.5, 0.6) is 5.75 Å². The Balaban J connectivity index is 1.66. The predicted octanol–water partition coefficient (Wildman–Crippen LogP) is 3.99. The van der Waals surface area contributed by atoms with Crippen molar-refractivity contribution in [3.8, 4) is 17.0 Å². The first-order valence-corrected chi connectivity index (χ1v) is 9.90. The Morgan fingerprint density at radius 2 is 1.89 bits per heavy atom. The summed E-state index contributed by atoms with van der Waals surface area (Å²) in [6.45, 7) is 3.99. The second-order valence-corrected chi connectivity index (χ2v) is 7.67. The van der Waals surface area contributed by atoms with Crippen molar-refractivity contribution in [1.82, 2.24) is 4.98 Å². The minimum atomic E-state index is 0.279. The molecule has 0 atom stereocenters. The molecule has 1 aliphatic heterocycles. The number of hydrogen-bond acceptors (Lipinski definition) is 6. The number of nitrogens with zero attached hydrogens (tertiary/aromatic N) is 3. The SMILES string of the molecule is CN(Cc1sc(N2CCOCC2)nc1-c1ccccc1)c1cccc(O)c1. The Morgan fingerprint density at radius 3 is 2.63 bits per heavy atom. The summed E-state index contributed by atoms with van der Waals surface area (Å²) in [5, 5.41) is 10.8. The highest BCUT2D eigenvalue weighted by molar-refractivity contribution is 7.16. The van der Waals surface area contributed by atoms with Crippen LogP contribution in [0.15, 0.2) is 54.6 Å². The molecule has 1 saturated heterocycles. The van der Waals surface area contributed by atoms with Gasteiger partial charge in [0.05, 0.1) is 30.3 Å². The number of anilines is 2. The Bertz CT molecular complexity index is 891. The summed E-state index contributed by atoms with van der Waals surface area (Å²) >= 11 is 1.74. The largest absolute Gasteiger partial charge is 0.508 e. The van der Waals surface area contributed by atoms with Gasteiger partial charge in [0.25, 0.3) is 0 Å². The van der Waals surface area contributed by atoms with Crippen LogP contribution in [-0.2, 0) is 11.3 Å². The van der Waals surface area contributed by atoms with E-state index in [1.165, 1.54) is 4.88 Å². The van der Waals surface area contributed by atoms with Gasteiger partial charge in [-0.2, -0.15) is 0 Å². The Hall–Kier alpha value is -2.57. The minimum absolute atomic E-state index is 0.279. The molecule has 0 spiro atoms. The second kappa shape index (κ2) is 7.98. The molecule has 140 valence electrons. The van der Waals surface area contributed by atoms with Crippen molar-refractivity contribution in [2.45, 2.75) is 6.54 Å². The third kappa shape index (κ3) is 4.07. The molecule has 4 rings (SSSR count). The molecule has 1 aliphatic rings. The van der Waals surface area contributed by atoms with E-state index < -0.39 is 0 Å². The summed E-state index contributed by atoms with van der Waals surface area (Å²) in [6.07, 6.45) is 0. The van der Waals surface area contributed by atoms with Crippen molar-refractivity contribution in [3.63, 3.8) is 0 Å². The fourth-order valence-corrected chi connectivity index (χ4v) is 4.38. The third-order valence-corrected chi connectivity index (χ3v) is 5.77. The molecule has 0 amide bonds. The van der Waals surface area contributed by atoms with Crippen LogP contribution < -0.4 is 9.80 Å². The van der Waals surface area contributed by atoms with Crippen LogP contribution in [0.2, 0.25) is 0 Å². The van der Waals surface area contributed by atoms with Crippen molar-refractivity contribution in [2.24, 2.45) is 0 Å². The lowest BCUT2D eigenvalue weighted by atomic mass is 10.1. The van der Waals surface area contributed by atoms with Gasteiger partial charge in [0, 0.05) is 37.5 Å². The van der Waals surface area contributed by atoms with Crippen LogP contribution in [0.3, 0.4) is 0 Å². The first-order chi connectivity index (χ1) is 13.2. The van der Waals surface area contributed by atoms with E-state index in [4.69, 9.17) is 9.72 Å². The molecule has 27 heavy (non-hydrogen) atoms. The molecule has 2 heterocycles. The monoisotopic (exact) mass is 381 g/mol. The number of phenolic OH excluding ortho intramolecular Hbond substituents is 1. The highest BCUT2D eigenvalue weighted by atomic mass is 32.1. The van der Waals surface area contributed by atoms with Crippen LogP contribution in [0.25, 0.3) is 11.3 Å². The summed E-state index contributed by atoms with van der Waals surface area (Å²) in [6, 6.07) is 17.7. The number of aromatic hydroxyl groups is 1. The molecule has 1 fully saturated rings. The quantitative estimate of drug-likeness (QED) is 0.724. The Labute approximate surface area is 163 Å². The average Bonchev–Trinajstić information content (AvgIpc) is 3.13. The molecule has 0 bridgehead atoms. The average molecular weight is 382 g/mol. The number of aromatic nitrogens is 1. The maximum Gasteiger partial charge on any atom is 0.186 e. The zero-order valence-corrected chi connectivity index (χ0v) is 16.2. The van der Waals surface area contributed by atoms with Gasteiger partial charge < -0.3 is 19.6 Å². The number of morpholine rings is 1. The number of thiazole rings is 1. The summed E-state index contributed by atoms with van der Waals surface area (Å²) < 4.78 is 5.48. The molecule has 5 nitrogen and oxygen atoms in total. The van der Waals surface area contributed by atoms with Gasteiger partial charge in [0.2, 0.25) is 0 Å². The van der Waals surface area contributed by atoms with Gasteiger partial charge in [0.1, 0.15) is 5.75 Å². The molecule has 0 unspecified atom stereocenters. The summed E-state index contributed by atoms with van der Waals surface area (Å²) in [4.78, 5) is 10.6. The minimum Gasteiger partial charge on any atom is -0.508 e. The van der Waals surface area contributed by atoms with E-state index in [2.05, 4.69) is 21.9 Å². The zero-order valence-electron chi connectivity index (χ0n) is 15.3. The number of benzene rings is 2. The standard InChI is InChI=1S/C21H23N3O2S/c1-23(17-8-5-9-18(25)14-17)15-19-20(16-6-3-2-4-7-16)22-21(27-19)24-10-12-26-13-11-24/h2-9,14,25H,10-13,15H2,1H3. The van der Waals surface area contributed by atoms with Crippen LogP contribution in [0.4, 0.5) is 10.8 Å². The lowest BCUT2D eigenvalue weighted by molar-refractivity contribution is 0.122. The molecule has 3 aromatic rings. The molecule has 0 radical (unpaired) electrons. The maximum absolute atomic E-state index is 9.78. The predicted molar refractivity (Wildman–Crippen MR) is 111 cm³/mol. The molecule has 6 heteroatoms. The third-order valence-electron chi connectivity index (χ3n) is 4.67. The highest BCUT2D eigenvalue weighted by Gasteiger charge is 2.20. The van der Waals surface area contributed by atoms with Crippen LogP contribution in [0, 0.1) is 0 Å². The number of ether oxygens (including phenoxy) is 1. The van der Waals surface area contributed by atoms with E-state index in [1.807, 2.05) is 37.4 Å². The van der Waals surface area contributed by atoms with Crippen LogP contribution >= 0.6 is 11.3 Å².